The number of phenolic OH excluding ortho intramolecular Hbond substituents is 2. The quantitative estimate of drug-likeness (QED) is 0.0327. The van der Waals surface area contributed by atoms with Gasteiger partial charge < -0.3 is 57.6 Å². The third-order valence-electron chi connectivity index (χ3n) is 23.2. The molecule has 0 saturated carbocycles. The van der Waals surface area contributed by atoms with Crippen molar-refractivity contribution in [3.8, 4) is 69.0 Å². The number of hydrogen-bond donors (Lipinski definition) is 2. The average Bonchev–Trinajstić information content (AvgIpc) is 1.61. The van der Waals surface area contributed by atoms with Crippen molar-refractivity contribution in [1.29, 1.82) is 0 Å². The maximum Gasteiger partial charge on any atom is 0.250 e. The van der Waals surface area contributed by atoms with E-state index in [0.717, 1.165) is 136 Å². The number of ether oxygens (including phenoxy) is 10. The largest absolute Gasteiger partial charge is 0.508 e. The maximum atomic E-state index is 12.7. The number of ketones is 3. The second-order valence-electron chi connectivity index (χ2n) is 32.2. The van der Waals surface area contributed by atoms with Gasteiger partial charge in [-0.15, -0.1) is 0 Å². The van der Waals surface area contributed by atoms with Gasteiger partial charge >= 0.3 is 0 Å². The number of Topliss-reactive ketones (excluding diaryl/α,β-unsaturated/α-hetero) is 3. The molecule has 0 spiro atoms. The monoisotopic (exact) mass is 1910 g/mol. The molecule has 1 amide bonds. The molecule has 18 nitrogen and oxygen atoms in total. The number of carbonyl (C=O) groups excluding carboxylic acids is 4. The van der Waals surface area contributed by atoms with Gasteiger partial charge in [-0.1, -0.05) is 95.3 Å². The topological polar surface area (TPSA) is 214 Å². The van der Waals surface area contributed by atoms with Crippen molar-refractivity contribution in [2.45, 2.75) is 79.6 Å². The van der Waals surface area contributed by atoms with Gasteiger partial charge in [0.2, 0.25) is 5.91 Å². The van der Waals surface area contributed by atoms with Crippen LogP contribution in [0.3, 0.4) is 0 Å². The number of amides is 1. The van der Waals surface area contributed by atoms with E-state index >= 15 is 0 Å². The van der Waals surface area contributed by atoms with E-state index < -0.39 is 0 Å². The molecule has 0 radical (unpaired) electrons. The van der Waals surface area contributed by atoms with E-state index in [1.165, 1.54) is 79.0 Å². The van der Waals surface area contributed by atoms with Crippen molar-refractivity contribution in [3.05, 3.63) is 404 Å². The minimum absolute atomic E-state index is 0.0807. The summed E-state index contributed by atoms with van der Waals surface area (Å²) in [6, 6.07) is 78.8. The highest BCUT2D eigenvalue weighted by atomic mass is 79.9. The zero-order valence-corrected chi connectivity index (χ0v) is 82.7. The summed E-state index contributed by atoms with van der Waals surface area (Å²) in [5.41, 5.74) is 29.1. The standard InChI is InChI=1S/C22H20O2S.C20H16O2S.2C18H18O3.C17H18O3.C11H15NO3.C8H9BrO/c1-14-10-18(24-3)11-21-19(14)12-20(22(21)16-8-9-25-13-16)15-4-6-17(23-2)7-5-15;1-12-8-16(22)9-19-17(12)10-18(13-2-4-15(21)5-3-13)20(19)14-6-7-23-11-14;1-11-8-14(21-3)9-17-15(11)10-16(18(17)19)12-4-6-13(20-2)7-5-12;1-12-9-15(11-17(10-12)21-4)18(19)13(2)14-5-7-16(20-3)8-6-14;1-12-8-14(11-16(9-12)20-3)17(18)10-13-4-6-15(19-2)7-5-13;1-12(15-3)11(13)8-9-4-6-10(14-2)7-5-9;1-6-3-7(9)5-8(4-6)10-2/h4-11,13H,12H2,1-3H3;2-9,11,21-22H,10H2,1H3;4-9,16H,10H2,1-3H3;5-11H,2H2,1,3-4H3;4-9,11H,10H2,1-3H3;4-7H,8H2,1-3H3;3-5H,1-2H3. The van der Waals surface area contributed by atoms with Crippen LogP contribution in [-0.2, 0) is 41.7 Å². The second-order valence-corrected chi connectivity index (χ2v) is 34.7. The van der Waals surface area contributed by atoms with E-state index in [1.807, 2.05) is 223 Å². The van der Waals surface area contributed by atoms with Gasteiger partial charge in [-0.2, -0.15) is 22.7 Å². The van der Waals surface area contributed by atoms with Gasteiger partial charge in [0.1, 0.15) is 69.0 Å². The van der Waals surface area contributed by atoms with Gasteiger partial charge in [-0.3, -0.25) is 24.0 Å². The third-order valence-corrected chi connectivity index (χ3v) is 25.1. The number of nitrogens with zero attached hydrogens (tertiary/aromatic N) is 1. The number of carbonyl (C=O) groups is 4. The summed E-state index contributed by atoms with van der Waals surface area (Å²) in [5.74, 6) is 8.49. The van der Waals surface area contributed by atoms with Crippen LogP contribution >= 0.6 is 38.6 Å². The van der Waals surface area contributed by atoms with Crippen LogP contribution in [0.15, 0.2) is 281 Å². The summed E-state index contributed by atoms with van der Waals surface area (Å²) in [5, 5.41) is 29.4. The minimum Gasteiger partial charge on any atom is -0.508 e. The van der Waals surface area contributed by atoms with Gasteiger partial charge in [0.25, 0.3) is 0 Å². The van der Waals surface area contributed by atoms with Crippen LogP contribution in [0.25, 0.3) is 27.9 Å². The van der Waals surface area contributed by atoms with Gasteiger partial charge in [-0.25, -0.2) is 5.06 Å². The Hall–Kier alpha value is -14.2. The number of aryl methyl sites for hydroxylation is 6. The molecular weight excluding hydrogens is 1800 g/mol. The predicted octanol–water partition coefficient (Wildman–Crippen LogP) is 25.5. The van der Waals surface area contributed by atoms with Crippen LogP contribution in [0.4, 0.5) is 0 Å². The van der Waals surface area contributed by atoms with E-state index in [2.05, 4.69) is 87.4 Å². The Balaban J connectivity index is 0.000000153. The molecule has 14 aromatic rings. The number of thiophene rings is 2. The number of fused-ring (bicyclic) bond motifs is 3. The molecule has 0 aliphatic heterocycles. The number of hydroxylamine groups is 2. The van der Waals surface area contributed by atoms with Crippen LogP contribution < -0.4 is 47.4 Å². The lowest BCUT2D eigenvalue weighted by atomic mass is 9.95. The van der Waals surface area contributed by atoms with Crippen molar-refractivity contribution in [3.63, 3.8) is 0 Å². The number of likely N-dealkylation sites (N-methyl/N-ethyl adjacent to an activating group) is 1. The molecule has 1 atom stereocenters. The first-order chi connectivity index (χ1) is 65.0. The van der Waals surface area contributed by atoms with Crippen molar-refractivity contribution >= 4 is 89.7 Å². The first-order valence-corrected chi connectivity index (χ1v) is 46.1. The molecular formula is C114H114BrNO17S2. The Bertz CT molecular complexity index is 6480. The summed E-state index contributed by atoms with van der Waals surface area (Å²) in [6.07, 6.45) is 3.25. The van der Waals surface area contributed by atoms with Crippen LogP contribution in [-0.4, -0.2) is 124 Å². The summed E-state index contributed by atoms with van der Waals surface area (Å²) in [7, 11) is 19.4. The number of methoxy groups -OCH3 is 10. The number of halogens is 1. The summed E-state index contributed by atoms with van der Waals surface area (Å²) in [6.45, 7) is 16.1. The van der Waals surface area contributed by atoms with Gasteiger partial charge in [0.05, 0.1) is 90.5 Å². The van der Waals surface area contributed by atoms with Crippen LogP contribution in [0.2, 0.25) is 0 Å². The molecule has 135 heavy (non-hydrogen) atoms. The van der Waals surface area contributed by atoms with Crippen LogP contribution in [0.5, 0.6) is 69.0 Å². The number of aromatic hydroxyl groups is 2. The smallest absolute Gasteiger partial charge is 0.250 e. The van der Waals surface area contributed by atoms with Crippen LogP contribution in [0.1, 0.15) is 143 Å². The van der Waals surface area contributed by atoms with E-state index in [1.54, 1.807) is 125 Å². The molecule has 0 fully saturated rings. The Morgan fingerprint density at radius 2 is 0.770 bits per heavy atom. The Morgan fingerprint density at radius 1 is 0.385 bits per heavy atom. The van der Waals surface area contributed by atoms with Crippen molar-refractivity contribution in [1.82, 2.24) is 5.06 Å². The molecule has 0 saturated heterocycles. The molecule has 17 rings (SSSR count). The first kappa shape index (κ1) is 101. The number of hydrogen-bond acceptors (Lipinski definition) is 19. The highest BCUT2D eigenvalue weighted by Gasteiger charge is 2.34. The highest BCUT2D eigenvalue weighted by molar-refractivity contribution is 9.10. The number of phenols is 2. The Labute approximate surface area is 808 Å². The highest BCUT2D eigenvalue weighted by Crippen LogP contribution is 2.48. The average molecular weight is 1910 g/mol. The molecule has 2 N–H and O–H groups in total. The molecule has 12 aromatic carbocycles. The van der Waals surface area contributed by atoms with Gasteiger partial charge in [0.15, 0.2) is 17.3 Å². The fraction of sp³-hybridized carbons (Fsp3) is 0.211. The predicted molar refractivity (Wildman–Crippen MR) is 546 cm³/mol. The van der Waals surface area contributed by atoms with Crippen molar-refractivity contribution < 1.29 is 81.6 Å². The Morgan fingerprint density at radius 3 is 1.22 bits per heavy atom. The summed E-state index contributed by atoms with van der Waals surface area (Å²) < 4.78 is 53.0. The van der Waals surface area contributed by atoms with Gasteiger partial charge in [-0.05, 0) is 386 Å². The molecule has 2 heterocycles. The number of benzene rings is 12. The lowest BCUT2D eigenvalue weighted by molar-refractivity contribution is -0.167. The number of rotatable bonds is 24. The fourth-order valence-electron chi connectivity index (χ4n) is 16.0. The van der Waals surface area contributed by atoms with E-state index in [9.17, 15) is 29.4 Å². The molecule has 1 unspecified atom stereocenters. The molecule has 3 aliphatic rings. The first-order valence-electron chi connectivity index (χ1n) is 43.5. The molecule has 696 valence electrons. The Kier molecular flexibility index (Phi) is 36.4. The molecule has 21 heteroatoms. The van der Waals surface area contributed by atoms with Gasteiger partial charge in [0, 0.05) is 40.2 Å². The zero-order chi connectivity index (χ0) is 97.1. The second kappa shape index (κ2) is 48.4. The fourth-order valence-corrected chi connectivity index (χ4v) is 17.9. The lowest BCUT2D eigenvalue weighted by Crippen LogP contribution is -2.26. The van der Waals surface area contributed by atoms with Crippen molar-refractivity contribution in [2.75, 3.05) is 85.3 Å². The normalized spacial score (nSPS) is 12.2. The van der Waals surface area contributed by atoms with E-state index in [-0.39, 0.29) is 34.9 Å². The molecule has 3 aliphatic carbocycles. The maximum absolute atomic E-state index is 12.7. The van der Waals surface area contributed by atoms with Crippen molar-refractivity contribution in [2.24, 2.45) is 0 Å². The SMILES string of the molecule is C=C(C(=O)c1cc(C)cc(OC)c1)c1ccc(OC)cc1.COc1cc(C)cc(Br)c1.COc1ccc(C2=C(c3ccsc3)c3cc(OC)cc(C)c3C2)cc1.COc1ccc(C2Cc3c(C)cc(OC)cc3C2=O)cc1.COc1ccc(CC(=O)N(C)OC)cc1.COc1ccc(CC(=O)c2cc(C)cc(OC)c2)cc1.Cc1cc(O)cc2c1CC(c1ccc(O)cc1)=C2c1ccsc1. The minimum atomic E-state index is -0.109. The molecule has 0 bridgehead atoms. The molecule has 2 aromatic heterocycles. The number of allylic oxidation sites excluding steroid dienone is 3. The summed E-state index contributed by atoms with van der Waals surface area (Å²) in [4.78, 5) is 53.8. The van der Waals surface area contributed by atoms with Crippen LogP contribution in [0, 0.1) is 41.5 Å². The van der Waals surface area contributed by atoms with E-state index in [0.29, 0.717) is 46.8 Å². The third kappa shape index (κ3) is 26.6. The van der Waals surface area contributed by atoms with E-state index in [4.69, 9.17) is 52.2 Å². The lowest BCUT2D eigenvalue weighted by Gasteiger charge is -2.13. The summed E-state index contributed by atoms with van der Waals surface area (Å²) >= 11 is 6.78. The zero-order valence-electron chi connectivity index (χ0n) is 79.5.